The van der Waals surface area contributed by atoms with Gasteiger partial charge in [-0.2, -0.15) is 9.97 Å². The number of pyridine rings is 1. The van der Waals surface area contributed by atoms with Crippen LogP contribution >= 0.6 is 0 Å². The fourth-order valence-corrected chi connectivity index (χ4v) is 7.37. The number of rotatable bonds is 6. The standard InChI is InChI=1S/C33H34F3N5O3/c1-2-23-26(35)8-7-19-12-22(43)13-24(27(19)23)29-28(36)30-25(15-37-29)31(40-10-4-3-6-21(42)17-40)39-32(38-30)44-18-33-9-5-11-41(33)16-20(34)14-33/h7-8,12-13,15,20,43H,2-6,9-11,14,16-18H2,1H3/t20-,33+/m1/s1. The summed E-state index contributed by atoms with van der Waals surface area (Å²) in [6.45, 7) is 3.79. The predicted molar refractivity (Wildman–Crippen MR) is 161 cm³/mol. The van der Waals surface area contributed by atoms with E-state index in [1.165, 1.54) is 24.4 Å². The van der Waals surface area contributed by atoms with Gasteiger partial charge in [0, 0.05) is 37.7 Å². The lowest BCUT2D eigenvalue weighted by molar-refractivity contribution is -0.117. The zero-order valence-electron chi connectivity index (χ0n) is 24.6. The van der Waals surface area contributed by atoms with Crippen LogP contribution in [0.2, 0.25) is 0 Å². The summed E-state index contributed by atoms with van der Waals surface area (Å²) >= 11 is 0. The van der Waals surface area contributed by atoms with Crippen LogP contribution in [0.4, 0.5) is 19.0 Å². The highest BCUT2D eigenvalue weighted by atomic mass is 19.1. The number of hydrogen-bond acceptors (Lipinski definition) is 8. The number of fused-ring (bicyclic) bond motifs is 3. The minimum atomic E-state index is -0.934. The summed E-state index contributed by atoms with van der Waals surface area (Å²) in [5, 5.41) is 11.9. The first-order valence-corrected chi connectivity index (χ1v) is 15.4. The van der Waals surface area contributed by atoms with E-state index in [-0.39, 0.29) is 47.5 Å². The molecular formula is C33H34F3N5O3. The third-order valence-corrected chi connectivity index (χ3v) is 9.44. The second-order valence-electron chi connectivity index (χ2n) is 12.3. The van der Waals surface area contributed by atoms with Gasteiger partial charge in [0.2, 0.25) is 0 Å². The minimum Gasteiger partial charge on any atom is -0.508 e. The van der Waals surface area contributed by atoms with Crippen LogP contribution in [0, 0.1) is 11.6 Å². The molecular weight excluding hydrogens is 571 g/mol. The third kappa shape index (κ3) is 4.91. The fourth-order valence-electron chi connectivity index (χ4n) is 7.37. The molecule has 0 aliphatic carbocycles. The van der Waals surface area contributed by atoms with Crippen molar-refractivity contribution in [3.8, 4) is 23.0 Å². The Kier molecular flexibility index (Phi) is 7.31. The van der Waals surface area contributed by atoms with Crippen LogP contribution in [0.1, 0.15) is 51.0 Å². The smallest absolute Gasteiger partial charge is 0.319 e. The van der Waals surface area contributed by atoms with Gasteiger partial charge >= 0.3 is 6.01 Å². The monoisotopic (exact) mass is 605 g/mol. The van der Waals surface area contributed by atoms with Crippen LogP contribution < -0.4 is 9.64 Å². The first kappa shape index (κ1) is 28.8. The molecule has 3 aliphatic rings. The lowest BCUT2D eigenvalue weighted by Gasteiger charge is -2.31. The number of benzene rings is 2. The number of aromatic hydroxyl groups is 1. The molecule has 0 amide bonds. The number of halogens is 3. The lowest BCUT2D eigenvalue weighted by atomic mass is 9.94. The number of phenols is 1. The van der Waals surface area contributed by atoms with Gasteiger partial charge in [0.25, 0.3) is 0 Å². The Hall–Kier alpha value is -3.99. The predicted octanol–water partition coefficient (Wildman–Crippen LogP) is 5.91. The number of alkyl halides is 1. The van der Waals surface area contributed by atoms with E-state index in [9.17, 15) is 18.7 Å². The molecule has 1 N–H and O–H groups in total. The lowest BCUT2D eigenvalue weighted by Crippen LogP contribution is -2.43. The summed E-state index contributed by atoms with van der Waals surface area (Å²) in [5.74, 6) is -0.916. The molecule has 0 saturated carbocycles. The van der Waals surface area contributed by atoms with E-state index in [0.717, 1.165) is 32.2 Å². The van der Waals surface area contributed by atoms with Crippen molar-refractivity contribution < 1.29 is 27.8 Å². The van der Waals surface area contributed by atoms with E-state index in [0.29, 0.717) is 59.9 Å². The molecule has 0 spiro atoms. The van der Waals surface area contributed by atoms with Crippen LogP contribution in [-0.4, -0.2) is 75.2 Å². The van der Waals surface area contributed by atoms with Crippen LogP contribution in [0.3, 0.4) is 0 Å². The van der Waals surface area contributed by atoms with Crippen molar-refractivity contribution in [2.75, 3.05) is 37.7 Å². The van der Waals surface area contributed by atoms with E-state index in [2.05, 4.69) is 19.9 Å². The van der Waals surface area contributed by atoms with Crippen LogP contribution in [0.5, 0.6) is 11.8 Å². The highest BCUT2D eigenvalue weighted by Crippen LogP contribution is 2.42. The molecule has 0 radical (unpaired) electrons. The maximum atomic E-state index is 16.7. The molecule has 5 heterocycles. The van der Waals surface area contributed by atoms with Gasteiger partial charge in [-0.15, -0.1) is 0 Å². The van der Waals surface area contributed by atoms with Crippen molar-refractivity contribution in [1.82, 2.24) is 19.9 Å². The molecule has 8 nitrogen and oxygen atoms in total. The first-order valence-electron chi connectivity index (χ1n) is 15.4. The maximum Gasteiger partial charge on any atom is 0.319 e. The molecule has 2 aromatic heterocycles. The van der Waals surface area contributed by atoms with Crippen molar-refractivity contribution in [2.24, 2.45) is 0 Å². The summed E-state index contributed by atoms with van der Waals surface area (Å²) in [4.78, 5) is 30.2. The molecule has 0 bridgehead atoms. The zero-order valence-corrected chi connectivity index (χ0v) is 24.6. The summed E-state index contributed by atoms with van der Waals surface area (Å²) in [6.07, 6.45) is 4.94. The molecule has 2 aromatic carbocycles. The Morgan fingerprint density at radius 1 is 1.14 bits per heavy atom. The number of aryl methyl sites for hydroxylation is 1. The number of ketones is 1. The van der Waals surface area contributed by atoms with E-state index in [1.807, 2.05) is 11.8 Å². The number of aromatic nitrogens is 3. The second-order valence-corrected chi connectivity index (χ2v) is 12.3. The Bertz CT molecular complexity index is 1790. The number of hydrogen-bond donors (Lipinski definition) is 1. The Balaban J connectivity index is 1.38. The Labute approximate surface area is 252 Å². The number of ether oxygens (including phenoxy) is 1. The normalized spacial score (nSPS) is 22.6. The van der Waals surface area contributed by atoms with Crippen molar-refractivity contribution in [1.29, 1.82) is 0 Å². The Morgan fingerprint density at radius 3 is 2.84 bits per heavy atom. The summed E-state index contributed by atoms with van der Waals surface area (Å²) in [5.41, 5.74) is 0.00621. The maximum absolute atomic E-state index is 16.7. The van der Waals surface area contributed by atoms with Crippen molar-refractivity contribution >= 4 is 33.3 Å². The van der Waals surface area contributed by atoms with Crippen molar-refractivity contribution in [3.63, 3.8) is 0 Å². The van der Waals surface area contributed by atoms with E-state index in [4.69, 9.17) is 4.74 Å². The largest absolute Gasteiger partial charge is 0.508 e. The van der Waals surface area contributed by atoms with Crippen LogP contribution in [0.25, 0.3) is 32.9 Å². The zero-order chi connectivity index (χ0) is 30.6. The van der Waals surface area contributed by atoms with Crippen LogP contribution in [-0.2, 0) is 11.2 Å². The van der Waals surface area contributed by atoms with Gasteiger partial charge in [-0.05, 0) is 73.2 Å². The molecule has 44 heavy (non-hydrogen) atoms. The van der Waals surface area contributed by atoms with Gasteiger partial charge < -0.3 is 14.7 Å². The average molecular weight is 606 g/mol. The van der Waals surface area contributed by atoms with E-state index >= 15 is 4.39 Å². The summed E-state index contributed by atoms with van der Waals surface area (Å²) in [7, 11) is 0. The number of nitrogens with zero attached hydrogens (tertiary/aromatic N) is 5. The molecule has 0 unspecified atom stereocenters. The first-order chi connectivity index (χ1) is 21.3. The molecule has 3 fully saturated rings. The molecule has 7 rings (SSSR count). The third-order valence-electron chi connectivity index (χ3n) is 9.44. The minimum absolute atomic E-state index is 0.0579. The SMILES string of the molecule is CCc1c(F)ccc2cc(O)cc(-c3ncc4c(N5CCCCC(=O)C5)nc(OC[C@@]56CCCN5C[C@H](F)C6)nc4c3F)c12. The molecule has 2 atom stereocenters. The van der Waals surface area contributed by atoms with Crippen LogP contribution in [0.15, 0.2) is 30.5 Å². The molecule has 3 aliphatic heterocycles. The number of carbonyl (C=O) groups excluding carboxylic acids is 1. The molecule has 11 heteroatoms. The van der Waals surface area contributed by atoms with Crippen molar-refractivity contribution in [3.05, 3.63) is 47.7 Å². The van der Waals surface area contributed by atoms with Gasteiger partial charge in [-0.1, -0.05) is 13.0 Å². The molecule has 230 valence electrons. The summed E-state index contributed by atoms with van der Waals surface area (Å²) in [6, 6.07) is 5.71. The fraction of sp³-hybridized carbons (Fsp3) is 0.455. The summed E-state index contributed by atoms with van der Waals surface area (Å²) < 4.78 is 52.2. The molecule has 3 saturated heterocycles. The Morgan fingerprint density at radius 2 is 2.00 bits per heavy atom. The van der Waals surface area contributed by atoms with Gasteiger partial charge in [0.1, 0.15) is 41.4 Å². The number of anilines is 1. The second kappa shape index (κ2) is 11.2. The van der Waals surface area contributed by atoms with Gasteiger partial charge in [0.15, 0.2) is 11.6 Å². The van der Waals surface area contributed by atoms with Gasteiger partial charge in [-0.25, -0.2) is 13.2 Å². The number of Topliss-reactive ketones (excluding diaryl/α,β-unsaturated/α-hetero) is 1. The van der Waals surface area contributed by atoms with Gasteiger partial charge in [-0.3, -0.25) is 14.7 Å². The topological polar surface area (TPSA) is 91.7 Å². The number of phenolic OH excluding ortho intramolecular Hbond substituents is 1. The average Bonchev–Trinajstić information content (AvgIpc) is 3.43. The highest BCUT2D eigenvalue weighted by molar-refractivity contribution is 6.02. The number of carbonyl (C=O) groups is 1. The highest BCUT2D eigenvalue weighted by Gasteiger charge is 2.49. The van der Waals surface area contributed by atoms with Crippen molar-refractivity contribution in [2.45, 2.75) is 63.6 Å². The van der Waals surface area contributed by atoms with E-state index < -0.39 is 23.3 Å². The van der Waals surface area contributed by atoms with E-state index in [1.54, 1.807) is 6.07 Å². The quantitative estimate of drug-likeness (QED) is 0.290. The van der Waals surface area contributed by atoms with Gasteiger partial charge in [0.05, 0.1) is 17.5 Å². The molecule has 4 aromatic rings.